The van der Waals surface area contributed by atoms with Crippen molar-refractivity contribution < 1.29 is 42.5 Å². The summed E-state index contributed by atoms with van der Waals surface area (Å²) in [5, 5.41) is 20.5. The molecule has 0 aliphatic carbocycles. The SMILES string of the molecule is C[C@H]1C(OP(=O)(Oc2ccccc2)Oc2ccccc2)=C(C(=O)OCc2ccc([N+](=O)[O-])cc2)N2C(=O)C(CCO)C12. The number of aliphatic hydroxyl groups excluding tert-OH is 1. The van der Waals surface area contributed by atoms with Crippen molar-refractivity contribution in [3.8, 4) is 11.5 Å². The van der Waals surface area contributed by atoms with E-state index in [4.69, 9.17) is 18.3 Å². The number of hydrogen-bond donors (Lipinski definition) is 1. The molecule has 218 valence electrons. The Morgan fingerprint density at radius 2 is 1.52 bits per heavy atom. The number of carbonyl (C=O) groups is 2. The molecule has 0 aromatic heterocycles. The van der Waals surface area contributed by atoms with Crippen molar-refractivity contribution in [2.24, 2.45) is 11.8 Å². The predicted octanol–water partition coefficient (Wildman–Crippen LogP) is 4.99. The van der Waals surface area contributed by atoms with Crippen LogP contribution >= 0.6 is 7.82 Å². The van der Waals surface area contributed by atoms with Crippen molar-refractivity contribution in [1.29, 1.82) is 0 Å². The van der Waals surface area contributed by atoms with Crippen LogP contribution in [0.15, 0.2) is 96.4 Å². The number of fused-ring (bicyclic) bond motifs is 1. The molecule has 2 unspecified atom stereocenters. The maximum Gasteiger partial charge on any atom is 0.646 e. The van der Waals surface area contributed by atoms with Crippen molar-refractivity contribution in [3.63, 3.8) is 0 Å². The number of nitro benzene ring substituents is 1. The summed E-state index contributed by atoms with van der Waals surface area (Å²) >= 11 is 0. The minimum atomic E-state index is -4.52. The molecular formula is C29H27N2O10P. The lowest BCUT2D eigenvalue weighted by atomic mass is 9.80. The fourth-order valence-electron chi connectivity index (χ4n) is 4.98. The summed E-state index contributed by atoms with van der Waals surface area (Å²) in [4.78, 5) is 38.2. The number of aliphatic hydroxyl groups is 1. The Kier molecular flexibility index (Phi) is 8.28. The van der Waals surface area contributed by atoms with Gasteiger partial charge in [-0.05, 0) is 48.4 Å². The number of benzene rings is 3. The Bertz CT molecular complexity index is 1500. The molecule has 3 aromatic rings. The normalized spacial score (nSPS) is 19.5. The van der Waals surface area contributed by atoms with Gasteiger partial charge in [0, 0.05) is 24.7 Å². The van der Waals surface area contributed by atoms with E-state index in [9.17, 15) is 29.4 Å². The first-order valence-electron chi connectivity index (χ1n) is 13.1. The predicted molar refractivity (Wildman–Crippen MR) is 148 cm³/mol. The van der Waals surface area contributed by atoms with Gasteiger partial charge in [-0.15, -0.1) is 0 Å². The summed E-state index contributed by atoms with van der Waals surface area (Å²) in [5.41, 5.74) is 0.102. The van der Waals surface area contributed by atoms with Crippen LogP contribution in [0.3, 0.4) is 0 Å². The fourth-order valence-corrected chi connectivity index (χ4v) is 6.34. The molecule has 0 saturated carbocycles. The lowest BCUT2D eigenvalue weighted by Gasteiger charge is -2.44. The minimum absolute atomic E-state index is 0.113. The number of β-lactam (4-membered cyclic amide) rings is 1. The zero-order valence-corrected chi connectivity index (χ0v) is 23.3. The molecule has 1 saturated heterocycles. The second-order valence-electron chi connectivity index (χ2n) is 9.67. The van der Waals surface area contributed by atoms with Gasteiger partial charge in [-0.3, -0.25) is 19.8 Å². The van der Waals surface area contributed by atoms with Crippen molar-refractivity contribution in [1.82, 2.24) is 4.90 Å². The van der Waals surface area contributed by atoms with Gasteiger partial charge in [-0.1, -0.05) is 43.3 Å². The summed E-state index contributed by atoms with van der Waals surface area (Å²) in [6.07, 6.45) is 0.168. The summed E-state index contributed by atoms with van der Waals surface area (Å²) in [6, 6.07) is 21.3. The quantitative estimate of drug-likeness (QED) is 0.0997. The number of para-hydroxylation sites is 2. The molecule has 3 atom stereocenters. The molecule has 1 N–H and O–H groups in total. The minimum Gasteiger partial charge on any atom is -0.456 e. The molecule has 2 heterocycles. The zero-order valence-electron chi connectivity index (χ0n) is 22.4. The van der Waals surface area contributed by atoms with Gasteiger partial charge in [0.25, 0.3) is 5.69 Å². The van der Waals surface area contributed by atoms with Crippen molar-refractivity contribution in [3.05, 3.63) is 112 Å². The van der Waals surface area contributed by atoms with Crippen LogP contribution in [-0.4, -0.2) is 39.5 Å². The summed E-state index contributed by atoms with van der Waals surface area (Å²) < 4.78 is 37.0. The van der Waals surface area contributed by atoms with Gasteiger partial charge in [0.05, 0.1) is 16.9 Å². The Balaban J connectivity index is 1.47. The average molecular weight is 595 g/mol. The molecule has 0 bridgehead atoms. The first kappa shape index (κ1) is 28.8. The molecule has 1 fully saturated rings. The van der Waals surface area contributed by atoms with Crippen LogP contribution in [0.4, 0.5) is 5.69 Å². The number of esters is 1. The third-order valence-corrected chi connectivity index (χ3v) is 8.24. The van der Waals surface area contributed by atoms with Gasteiger partial charge in [0.2, 0.25) is 5.91 Å². The molecule has 0 radical (unpaired) electrons. The number of ether oxygens (including phenoxy) is 1. The topological polar surface area (TPSA) is 155 Å². The van der Waals surface area contributed by atoms with E-state index in [0.717, 1.165) is 0 Å². The van der Waals surface area contributed by atoms with Crippen LogP contribution in [-0.2, 0) is 30.0 Å². The van der Waals surface area contributed by atoms with Crippen LogP contribution in [0.1, 0.15) is 18.9 Å². The highest BCUT2D eigenvalue weighted by molar-refractivity contribution is 7.49. The third kappa shape index (κ3) is 5.86. The molecule has 5 rings (SSSR count). The molecule has 3 aromatic carbocycles. The Morgan fingerprint density at radius 3 is 2.05 bits per heavy atom. The van der Waals surface area contributed by atoms with Gasteiger partial charge in [-0.25, -0.2) is 4.79 Å². The van der Waals surface area contributed by atoms with Crippen LogP contribution in [0.25, 0.3) is 0 Å². The number of phosphoric ester groups is 1. The van der Waals surface area contributed by atoms with Gasteiger partial charge >= 0.3 is 13.8 Å². The number of carbonyl (C=O) groups excluding carboxylic acids is 2. The van der Waals surface area contributed by atoms with Crippen molar-refractivity contribution >= 4 is 25.4 Å². The molecule has 12 nitrogen and oxygen atoms in total. The number of nitrogens with zero attached hydrogens (tertiary/aromatic N) is 2. The second-order valence-corrected chi connectivity index (χ2v) is 11.1. The smallest absolute Gasteiger partial charge is 0.456 e. The summed E-state index contributed by atoms with van der Waals surface area (Å²) in [6.45, 7) is 1.21. The molecule has 0 spiro atoms. The fraction of sp³-hybridized carbons (Fsp3) is 0.241. The van der Waals surface area contributed by atoms with Gasteiger partial charge in [0.15, 0.2) is 5.70 Å². The molecule has 2 aliphatic heterocycles. The number of non-ortho nitro benzene ring substituents is 1. The first-order chi connectivity index (χ1) is 20.2. The van der Waals surface area contributed by atoms with Crippen LogP contribution in [0, 0.1) is 22.0 Å². The third-order valence-electron chi connectivity index (χ3n) is 6.95. The number of nitro groups is 1. The zero-order chi connectivity index (χ0) is 29.9. The van der Waals surface area contributed by atoms with E-state index in [0.29, 0.717) is 5.56 Å². The number of amides is 1. The highest BCUT2D eigenvalue weighted by atomic mass is 31.2. The number of rotatable bonds is 12. The lowest BCUT2D eigenvalue weighted by molar-refractivity contribution is -0.384. The van der Waals surface area contributed by atoms with E-state index in [1.807, 2.05) is 0 Å². The maximum atomic E-state index is 14.2. The van der Waals surface area contributed by atoms with E-state index >= 15 is 0 Å². The van der Waals surface area contributed by atoms with E-state index in [-0.39, 0.29) is 48.3 Å². The average Bonchev–Trinajstić information content (AvgIpc) is 3.23. The largest absolute Gasteiger partial charge is 0.646 e. The maximum absolute atomic E-state index is 14.2. The van der Waals surface area contributed by atoms with E-state index in [1.165, 1.54) is 29.2 Å². The van der Waals surface area contributed by atoms with Crippen molar-refractivity contribution in [2.45, 2.75) is 26.0 Å². The Hall–Kier alpha value is -4.67. The van der Waals surface area contributed by atoms with Gasteiger partial charge in [-0.2, -0.15) is 4.57 Å². The van der Waals surface area contributed by atoms with Crippen LogP contribution < -0.4 is 9.05 Å². The monoisotopic (exact) mass is 594 g/mol. The van der Waals surface area contributed by atoms with E-state index < -0.39 is 42.5 Å². The molecule has 2 aliphatic rings. The second kappa shape index (κ2) is 12.1. The van der Waals surface area contributed by atoms with Gasteiger partial charge < -0.3 is 23.4 Å². The highest BCUT2D eigenvalue weighted by Gasteiger charge is 2.60. The number of phosphoric acid groups is 1. The van der Waals surface area contributed by atoms with E-state index in [1.54, 1.807) is 67.6 Å². The summed E-state index contributed by atoms with van der Waals surface area (Å²) in [7, 11) is -4.52. The molecule has 13 heteroatoms. The highest BCUT2D eigenvalue weighted by Crippen LogP contribution is 2.57. The van der Waals surface area contributed by atoms with Gasteiger partial charge in [0.1, 0.15) is 23.9 Å². The molecule has 42 heavy (non-hydrogen) atoms. The first-order valence-corrected chi connectivity index (χ1v) is 14.5. The van der Waals surface area contributed by atoms with E-state index in [2.05, 4.69) is 0 Å². The molecular weight excluding hydrogens is 567 g/mol. The van der Waals surface area contributed by atoms with Crippen LogP contribution in [0.5, 0.6) is 11.5 Å². The Morgan fingerprint density at radius 1 is 0.952 bits per heavy atom. The Labute approximate surface area is 240 Å². The standard InChI is InChI=1S/C29H27N2O10P/c1-19-25-24(16-17-32)28(33)30(25)26(29(34)38-18-20-12-14-21(15-13-20)31(35)36)27(19)41-42(37,39-22-8-4-2-5-9-22)40-23-10-6-3-7-11-23/h2-15,19,24-25,32H,16-18H2,1H3/t19-,24?,25?/m1/s1. The number of hydrogen-bond acceptors (Lipinski definition) is 10. The summed E-state index contributed by atoms with van der Waals surface area (Å²) in [5.74, 6) is -2.31. The molecule has 1 amide bonds. The van der Waals surface area contributed by atoms with Crippen molar-refractivity contribution in [2.75, 3.05) is 6.61 Å². The van der Waals surface area contributed by atoms with Crippen LogP contribution in [0.2, 0.25) is 0 Å². The lowest BCUT2D eigenvalue weighted by Crippen LogP contribution is -2.60.